The van der Waals surface area contributed by atoms with Crippen molar-refractivity contribution < 1.29 is 14.3 Å². The predicted octanol–water partition coefficient (Wildman–Crippen LogP) is 4.11. The first-order valence-electron chi connectivity index (χ1n) is 11.7. The van der Waals surface area contributed by atoms with Crippen molar-refractivity contribution in [3.63, 3.8) is 0 Å². The van der Waals surface area contributed by atoms with Crippen molar-refractivity contribution in [2.45, 2.75) is 50.4 Å². The summed E-state index contributed by atoms with van der Waals surface area (Å²) in [5, 5.41) is 9.41. The molecule has 3 heterocycles. The highest BCUT2D eigenvalue weighted by molar-refractivity contribution is 6.07. The lowest BCUT2D eigenvalue weighted by atomic mass is 9.74. The number of hydrogen-bond acceptors (Lipinski definition) is 6. The predicted molar refractivity (Wildman–Crippen MR) is 131 cm³/mol. The molecule has 0 aromatic heterocycles. The Morgan fingerprint density at radius 2 is 2.03 bits per heavy atom. The van der Waals surface area contributed by atoms with Crippen LogP contribution in [0.1, 0.15) is 44.2 Å². The molecule has 8 heteroatoms. The van der Waals surface area contributed by atoms with Crippen LogP contribution >= 0.6 is 0 Å². The van der Waals surface area contributed by atoms with Gasteiger partial charge < -0.3 is 15.2 Å². The van der Waals surface area contributed by atoms with Gasteiger partial charge in [-0.15, -0.1) is 0 Å². The Morgan fingerprint density at radius 1 is 1.23 bits per heavy atom. The number of ether oxygens (including phenoxy) is 2. The SMILES string of the molecule is [C-]#[N+]c1cc(C#N)cc(-c2ccc3c(c2)C2(CC(C4CCOC(C)(C)C4)O3)N=C(N)N(C)C2=O)c1. The van der Waals surface area contributed by atoms with Crippen LogP contribution < -0.4 is 10.5 Å². The van der Waals surface area contributed by atoms with Gasteiger partial charge in [-0.3, -0.25) is 9.69 Å². The van der Waals surface area contributed by atoms with Crippen molar-refractivity contribution in [1.82, 2.24) is 4.90 Å². The maximum absolute atomic E-state index is 13.6. The average molecular weight is 470 g/mol. The largest absolute Gasteiger partial charge is 0.490 e. The number of amides is 1. The Labute approximate surface area is 204 Å². The van der Waals surface area contributed by atoms with Crippen LogP contribution in [0.25, 0.3) is 16.0 Å². The lowest BCUT2D eigenvalue weighted by Crippen LogP contribution is -2.49. The maximum atomic E-state index is 13.6. The summed E-state index contributed by atoms with van der Waals surface area (Å²) in [7, 11) is 1.64. The first-order chi connectivity index (χ1) is 16.7. The Morgan fingerprint density at radius 3 is 2.69 bits per heavy atom. The van der Waals surface area contributed by atoms with Gasteiger partial charge in [0.1, 0.15) is 11.9 Å². The van der Waals surface area contributed by atoms with Gasteiger partial charge >= 0.3 is 0 Å². The van der Waals surface area contributed by atoms with Crippen LogP contribution in [0.3, 0.4) is 0 Å². The van der Waals surface area contributed by atoms with E-state index in [1.807, 2.05) is 18.2 Å². The van der Waals surface area contributed by atoms with Gasteiger partial charge in [0, 0.05) is 37.1 Å². The number of aliphatic imine (C=N–C) groups is 1. The number of carbonyl (C=O) groups is 1. The highest BCUT2D eigenvalue weighted by Gasteiger charge is 2.55. The maximum Gasteiger partial charge on any atom is 0.261 e. The second-order valence-corrected chi connectivity index (χ2v) is 10.1. The Hall–Kier alpha value is -3.88. The average Bonchev–Trinajstić information content (AvgIpc) is 3.06. The molecule has 35 heavy (non-hydrogen) atoms. The van der Waals surface area contributed by atoms with Gasteiger partial charge in [0.05, 0.1) is 18.2 Å². The number of nitrogens with two attached hydrogens (primary N) is 1. The van der Waals surface area contributed by atoms with Crippen LogP contribution in [0.4, 0.5) is 5.69 Å². The van der Waals surface area contributed by atoms with E-state index in [1.54, 1.807) is 25.2 Å². The summed E-state index contributed by atoms with van der Waals surface area (Å²) in [6.45, 7) is 12.2. The van der Waals surface area contributed by atoms with Gasteiger partial charge in [0.2, 0.25) is 0 Å². The van der Waals surface area contributed by atoms with E-state index in [0.29, 0.717) is 35.6 Å². The first kappa shape index (κ1) is 22.9. The van der Waals surface area contributed by atoms with Gasteiger partial charge in [0.15, 0.2) is 17.2 Å². The normalized spacial score (nSPS) is 26.9. The molecule has 5 rings (SSSR count). The third-order valence-corrected chi connectivity index (χ3v) is 7.28. The number of fused-ring (bicyclic) bond motifs is 2. The minimum absolute atomic E-state index is 0.180. The van der Waals surface area contributed by atoms with Crippen molar-refractivity contribution in [2.75, 3.05) is 13.7 Å². The zero-order valence-corrected chi connectivity index (χ0v) is 20.0. The van der Waals surface area contributed by atoms with Crippen LogP contribution in [0.15, 0.2) is 41.4 Å². The number of likely N-dealkylation sites (N-methyl/N-ethyl adjacent to an activating group) is 1. The van der Waals surface area contributed by atoms with Gasteiger partial charge in [-0.05, 0) is 68.1 Å². The van der Waals surface area contributed by atoms with Gasteiger partial charge in [-0.1, -0.05) is 6.07 Å². The summed E-state index contributed by atoms with van der Waals surface area (Å²) in [6, 6.07) is 12.8. The molecule has 1 saturated heterocycles. The monoisotopic (exact) mass is 469 g/mol. The van der Waals surface area contributed by atoms with Gasteiger partial charge in [-0.2, -0.15) is 5.26 Å². The summed E-state index contributed by atoms with van der Waals surface area (Å²) < 4.78 is 12.4. The summed E-state index contributed by atoms with van der Waals surface area (Å²) in [6.07, 6.45) is 1.85. The van der Waals surface area contributed by atoms with E-state index in [0.717, 1.165) is 24.0 Å². The molecular weight excluding hydrogens is 442 g/mol. The molecule has 178 valence electrons. The number of rotatable bonds is 2. The van der Waals surface area contributed by atoms with Crippen molar-refractivity contribution >= 4 is 17.6 Å². The van der Waals surface area contributed by atoms with Gasteiger partial charge in [-0.25, -0.2) is 9.84 Å². The van der Waals surface area contributed by atoms with E-state index in [4.69, 9.17) is 26.8 Å². The molecular formula is C27H27N5O3. The molecule has 3 unspecified atom stereocenters. The second kappa shape index (κ2) is 8.11. The van der Waals surface area contributed by atoms with E-state index < -0.39 is 5.54 Å². The summed E-state index contributed by atoms with van der Waals surface area (Å²) in [5.41, 5.74) is 7.64. The molecule has 1 fully saturated rings. The molecule has 0 bridgehead atoms. The van der Waals surface area contributed by atoms with Crippen LogP contribution in [-0.2, 0) is 15.1 Å². The van der Waals surface area contributed by atoms with Crippen molar-refractivity contribution in [1.29, 1.82) is 5.26 Å². The third-order valence-electron chi connectivity index (χ3n) is 7.28. The van der Waals surface area contributed by atoms with Crippen molar-refractivity contribution in [2.24, 2.45) is 16.6 Å². The van der Waals surface area contributed by atoms with Crippen LogP contribution in [0.2, 0.25) is 0 Å². The highest BCUT2D eigenvalue weighted by Crippen LogP contribution is 2.50. The van der Waals surface area contributed by atoms with E-state index in [1.165, 1.54) is 4.90 Å². The highest BCUT2D eigenvalue weighted by atomic mass is 16.5. The molecule has 3 atom stereocenters. The standard InChI is InChI=1S/C27H27N5O3/c1-26(2)13-18(7-8-34-26)23-14-27(24(33)32(4)25(29)31-27)21-12-17(5-6-22(21)35-23)19-9-16(15-28)10-20(11-19)30-3/h5-6,9-12,18,23H,7-8,13-14H2,1-2,4H3,(H2,29,31). The zero-order valence-electron chi connectivity index (χ0n) is 20.0. The first-order valence-corrected chi connectivity index (χ1v) is 11.7. The summed E-state index contributed by atoms with van der Waals surface area (Å²) >= 11 is 0. The molecule has 0 saturated carbocycles. The smallest absolute Gasteiger partial charge is 0.261 e. The molecule has 2 aromatic rings. The van der Waals surface area contributed by atoms with E-state index in [2.05, 4.69) is 24.8 Å². The second-order valence-electron chi connectivity index (χ2n) is 10.1. The zero-order chi connectivity index (χ0) is 25.0. The Balaban J connectivity index is 1.62. The molecule has 2 N–H and O–H groups in total. The Kier molecular flexibility index (Phi) is 5.30. The fourth-order valence-corrected chi connectivity index (χ4v) is 5.52. The number of carbonyl (C=O) groups excluding carboxylic acids is 1. The van der Waals surface area contributed by atoms with Crippen molar-refractivity contribution in [3.8, 4) is 22.9 Å². The van der Waals surface area contributed by atoms with Crippen LogP contribution in [-0.4, -0.2) is 42.1 Å². The minimum atomic E-state index is -1.18. The number of nitrogens with zero attached hydrogens (tertiary/aromatic N) is 4. The molecule has 2 aromatic carbocycles. The topological polar surface area (TPSA) is 105 Å². The van der Waals surface area contributed by atoms with Crippen LogP contribution in [0, 0.1) is 23.8 Å². The summed E-state index contributed by atoms with van der Waals surface area (Å²) in [5.74, 6) is 0.824. The quantitative estimate of drug-likeness (QED) is 0.667. The Bertz CT molecular complexity index is 1300. The lowest BCUT2D eigenvalue weighted by Gasteiger charge is -2.44. The number of hydrogen-bond donors (Lipinski definition) is 1. The minimum Gasteiger partial charge on any atom is -0.490 e. The molecule has 3 aliphatic heterocycles. The third kappa shape index (κ3) is 3.80. The summed E-state index contributed by atoms with van der Waals surface area (Å²) in [4.78, 5) is 23.2. The van der Waals surface area contributed by atoms with Gasteiger partial charge in [0.25, 0.3) is 5.91 Å². The fraction of sp³-hybridized carbons (Fsp3) is 0.407. The molecule has 3 aliphatic rings. The van der Waals surface area contributed by atoms with Crippen LogP contribution in [0.5, 0.6) is 5.75 Å². The fourth-order valence-electron chi connectivity index (χ4n) is 5.52. The van der Waals surface area contributed by atoms with Crippen molar-refractivity contribution in [3.05, 3.63) is 58.9 Å². The van der Waals surface area contributed by atoms with E-state index in [-0.39, 0.29) is 29.5 Å². The molecule has 1 spiro atoms. The van der Waals surface area contributed by atoms with E-state index >= 15 is 0 Å². The number of nitriles is 1. The molecule has 0 aliphatic carbocycles. The molecule has 1 amide bonds. The lowest BCUT2D eigenvalue weighted by molar-refractivity contribution is -0.134. The molecule has 0 radical (unpaired) electrons. The molecule has 8 nitrogen and oxygen atoms in total. The number of benzene rings is 2. The van der Waals surface area contributed by atoms with E-state index in [9.17, 15) is 10.1 Å². The number of guanidine groups is 1.